The second-order valence-electron chi connectivity index (χ2n) is 4.18. The van der Waals surface area contributed by atoms with Crippen LogP contribution in [0.15, 0.2) is 36.4 Å². The van der Waals surface area contributed by atoms with Gasteiger partial charge in [0.2, 0.25) is 0 Å². The van der Waals surface area contributed by atoms with Gasteiger partial charge in [0.05, 0.1) is 22.7 Å². The van der Waals surface area contributed by atoms with Crippen molar-refractivity contribution in [3.63, 3.8) is 0 Å². The molecule has 110 valence electrons. The highest BCUT2D eigenvalue weighted by molar-refractivity contribution is 6.33. The SMILES string of the molecule is CNc1cccc(Nc2cc(OC)ccc2Cl)c1[N+](=O)[O-]. The largest absolute Gasteiger partial charge is 0.497 e. The van der Waals surface area contributed by atoms with E-state index in [1.807, 2.05) is 0 Å². The first-order valence-corrected chi connectivity index (χ1v) is 6.50. The van der Waals surface area contributed by atoms with Crippen LogP contribution in [0.1, 0.15) is 0 Å². The zero-order valence-corrected chi connectivity index (χ0v) is 12.3. The van der Waals surface area contributed by atoms with Crippen molar-refractivity contribution in [3.8, 4) is 5.75 Å². The Bertz CT molecular complexity index is 677. The fourth-order valence-corrected chi connectivity index (χ4v) is 2.08. The van der Waals surface area contributed by atoms with E-state index in [2.05, 4.69) is 10.6 Å². The molecule has 0 bridgehead atoms. The minimum absolute atomic E-state index is 0.0427. The molecule has 0 amide bonds. The van der Waals surface area contributed by atoms with Crippen molar-refractivity contribution >= 4 is 34.4 Å². The molecule has 0 aliphatic rings. The third-order valence-corrected chi connectivity index (χ3v) is 3.26. The van der Waals surface area contributed by atoms with E-state index in [-0.39, 0.29) is 5.69 Å². The number of hydrogen-bond acceptors (Lipinski definition) is 5. The molecule has 0 aromatic heterocycles. The lowest BCUT2D eigenvalue weighted by molar-refractivity contribution is -0.383. The predicted molar refractivity (Wildman–Crippen MR) is 83.9 cm³/mol. The normalized spacial score (nSPS) is 10.0. The molecule has 2 aromatic rings. The third-order valence-electron chi connectivity index (χ3n) is 2.93. The first kappa shape index (κ1) is 14.9. The van der Waals surface area contributed by atoms with E-state index in [1.165, 1.54) is 7.11 Å². The Hall–Kier alpha value is -2.47. The van der Waals surface area contributed by atoms with E-state index < -0.39 is 4.92 Å². The predicted octanol–water partition coefficient (Wildman–Crippen LogP) is 4.04. The standard InChI is InChI=1S/C14H14ClN3O3/c1-16-11-4-3-5-12(14(11)18(19)20)17-13-8-9(21-2)6-7-10(13)15/h3-8,16-17H,1-2H3. The highest BCUT2D eigenvalue weighted by Crippen LogP contribution is 2.37. The molecule has 7 heteroatoms. The van der Waals surface area contributed by atoms with Crippen LogP contribution in [0.3, 0.4) is 0 Å². The van der Waals surface area contributed by atoms with Gasteiger partial charge in [-0.05, 0) is 24.3 Å². The molecule has 0 fully saturated rings. The fourth-order valence-electron chi connectivity index (χ4n) is 1.92. The van der Waals surface area contributed by atoms with E-state index in [1.54, 1.807) is 43.4 Å². The molecule has 0 aliphatic heterocycles. The Balaban J connectivity index is 2.47. The number of anilines is 3. The number of benzene rings is 2. The van der Waals surface area contributed by atoms with Gasteiger partial charge in [-0.2, -0.15) is 0 Å². The summed E-state index contributed by atoms with van der Waals surface area (Å²) < 4.78 is 5.13. The molecule has 0 saturated heterocycles. The minimum Gasteiger partial charge on any atom is -0.497 e. The summed E-state index contributed by atoms with van der Waals surface area (Å²) in [7, 11) is 3.17. The Morgan fingerprint density at radius 3 is 2.52 bits per heavy atom. The lowest BCUT2D eigenvalue weighted by atomic mass is 10.2. The van der Waals surface area contributed by atoms with Crippen molar-refractivity contribution in [2.45, 2.75) is 0 Å². The molecular formula is C14H14ClN3O3. The van der Waals surface area contributed by atoms with Gasteiger partial charge in [-0.25, -0.2) is 0 Å². The maximum Gasteiger partial charge on any atom is 0.315 e. The van der Waals surface area contributed by atoms with Crippen LogP contribution in [-0.4, -0.2) is 19.1 Å². The van der Waals surface area contributed by atoms with Crippen molar-refractivity contribution in [1.29, 1.82) is 0 Å². The fraction of sp³-hybridized carbons (Fsp3) is 0.143. The minimum atomic E-state index is -0.442. The second-order valence-corrected chi connectivity index (χ2v) is 4.59. The Kier molecular flexibility index (Phi) is 4.49. The monoisotopic (exact) mass is 307 g/mol. The molecule has 21 heavy (non-hydrogen) atoms. The smallest absolute Gasteiger partial charge is 0.315 e. The lowest BCUT2D eigenvalue weighted by Crippen LogP contribution is -2.01. The van der Waals surface area contributed by atoms with Crippen molar-refractivity contribution < 1.29 is 9.66 Å². The molecule has 2 N–H and O–H groups in total. The summed E-state index contributed by atoms with van der Waals surface area (Å²) in [4.78, 5) is 10.8. The number of ether oxygens (including phenoxy) is 1. The summed E-state index contributed by atoms with van der Waals surface area (Å²) in [5, 5.41) is 17.5. The van der Waals surface area contributed by atoms with Gasteiger partial charge in [0, 0.05) is 13.1 Å². The number of nitrogens with zero attached hydrogens (tertiary/aromatic N) is 1. The highest BCUT2D eigenvalue weighted by Gasteiger charge is 2.19. The van der Waals surface area contributed by atoms with Crippen LogP contribution in [0.4, 0.5) is 22.7 Å². The zero-order valence-electron chi connectivity index (χ0n) is 11.5. The van der Waals surface area contributed by atoms with Gasteiger partial charge >= 0.3 is 5.69 Å². The number of hydrogen-bond donors (Lipinski definition) is 2. The first-order valence-electron chi connectivity index (χ1n) is 6.12. The number of para-hydroxylation sites is 1. The molecule has 6 nitrogen and oxygen atoms in total. The average Bonchev–Trinajstić information content (AvgIpc) is 2.48. The van der Waals surface area contributed by atoms with Crippen LogP contribution >= 0.6 is 11.6 Å². The quantitative estimate of drug-likeness (QED) is 0.644. The molecule has 0 aliphatic carbocycles. The number of nitro groups is 1. The van der Waals surface area contributed by atoms with Crippen molar-refractivity contribution in [1.82, 2.24) is 0 Å². The van der Waals surface area contributed by atoms with Crippen molar-refractivity contribution in [3.05, 3.63) is 51.5 Å². The lowest BCUT2D eigenvalue weighted by Gasteiger charge is -2.12. The molecule has 2 aromatic carbocycles. The summed E-state index contributed by atoms with van der Waals surface area (Å²) in [5.41, 5.74) is 1.26. The first-order chi connectivity index (χ1) is 10.1. The van der Waals surface area contributed by atoms with Crippen LogP contribution in [0.25, 0.3) is 0 Å². The van der Waals surface area contributed by atoms with Crippen molar-refractivity contribution in [2.75, 3.05) is 24.8 Å². The van der Waals surface area contributed by atoms with Crippen LogP contribution in [0, 0.1) is 10.1 Å². The topological polar surface area (TPSA) is 76.4 Å². The van der Waals surface area contributed by atoms with Gasteiger partial charge in [-0.1, -0.05) is 17.7 Å². The van der Waals surface area contributed by atoms with Crippen LogP contribution in [-0.2, 0) is 0 Å². The third kappa shape index (κ3) is 3.17. The Labute approximate surface area is 126 Å². The number of rotatable bonds is 5. The molecule has 0 heterocycles. The second kappa shape index (κ2) is 6.32. The maximum absolute atomic E-state index is 11.3. The highest BCUT2D eigenvalue weighted by atomic mass is 35.5. The zero-order chi connectivity index (χ0) is 15.4. The van der Waals surface area contributed by atoms with Gasteiger partial charge in [-0.3, -0.25) is 10.1 Å². The maximum atomic E-state index is 11.3. The summed E-state index contributed by atoms with van der Waals surface area (Å²) in [6.45, 7) is 0. The number of methoxy groups -OCH3 is 1. The molecule has 0 atom stereocenters. The number of nitro benzene ring substituents is 1. The molecule has 2 rings (SSSR count). The average molecular weight is 308 g/mol. The summed E-state index contributed by atoms with van der Waals surface area (Å²) in [6, 6.07) is 10.0. The van der Waals surface area contributed by atoms with Gasteiger partial charge in [0.15, 0.2) is 0 Å². The van der Waals surface area contributed by atoms with Crippen molar-refractivity contribution in [2.24, 2.45) is 0 Å². The summed E-state index contributed by atoms with van der Waals surface area (Å²) in [5.74, 6) is 0.606. The van der Waals surface area contributed by atoms with E-state index in [0.29, 0.717) is 27.8 Å². The molecule has 0 unspecified atom stereocenters. The molecule has 0 spiro atoms. The van der Waals surface area contributed by atoms with Crippen LogP contribution < -0.4 is 15.4 Å². The Morgan fingerprint density at radius 2 is 1.90 bits per heavy atom. The van der Waals surface area contributed by atoms with E-state index >= 15 is 0 Å². The van der Waals surface area contributed by atoms with Crippen LogP contribution in [0.2, 0.25) is 5.02 Å². The van der Waals surface area contributed by atoms with Gasteiger partial charge in [-0.15, -0.1) is 0 Å². The molecule has 0 radical (unpaired) electrons. The van der Waals surface area contributed by atoms with E-state index in [9.17, 15) is 10.1 Å². The number of nitrogens with one attached hydrogen (secondary N) is 2. The van der Waals surface area contributed by atoms with Gasteiger partial charge in [0.25, 0.3) is 0 Å². The van der Waals surface area contributed by atoms with E-state index in [4.69, 9.17) is 16.3 Å². The summed E-state index contributed by atoms with van der Waals surface area (Å²) in [6.07, 6.45) is 0. The van der Waals surface area contributed by atoms with Gasteiger partial charge in [0.1, 0.15) is 17.1 Å². The number of halogens is 1. The van der Waals surface area contributed by atoms with Gasteiger partial charge < -0.3 is 15.4 Å². The Morgan fingerprint density at radius 1 is 1.19 bits per heavy atom. The molecule has 0 saturated carbocycles. The summed E-state index contributed by atoms with van der Waals surface area (Å²) >= 11 is 6.11. The van der Waals surface area contributed by atoms with E-state index in [0.717, 1.165) is 0 Å². The molecular weight excluding hydrogens is 294 g/mol. The van der Waals surface area contributed by atoms with Crippen LogP contribution in [0.5, 0.6) is 5.75 Å².